The van der Waals surface area contributed by atoms with Gasteiger partial charge in [-0.05, 0) is 13.0 Å². The van der Waals surface area contributed by atoms with Crippen molar-refractivity contribution in [3.63, 3.8) is 0 Å². The van der Waals surface area contributed by atoms with Gasteiger partial charge in [0.05, 0.1) is 25.8 Å². The van der Waals surface area contributed by atoms with Gasteiger partial charge in [-0.15, -0.1) is 21.5 Å². The van der Waals surface area contributed by atoms with Crippen LogP contribution in [0.4, 0.5) is 0 Å². The van der Waals surface area contributed by atoms with Crippen molar-refractivity contribution in [1.82, 2.24) is 15.2 Å². The lowest BCUT2D eigenvalue weighted by atomic mass is 10.2. The van der Waals surface area contributed by atoms with Gasteiger partial charge in [-0.1, -0.05) is 0 Å². The van der Waals surface area contributed by atoms with Crippen LogP contribution in [0, 0.1) is 0 Å². The summed E-state index contributed by atoms with van der Waals surface area (Å²) in [5, 5.41) is 10.6. The Bertz CT molecular complexity index is 568. The molecule has 0 fully saturated rings. The molecule has 0 atom stereocenters. The molecule has 2 aromatic rings. The molecule has 20 heavy (non-hydrogen) atoms. The number of carbonyl (C=O) groups is 1. The largest absolute Gasteiger partial charge is 0.480 e. The third kappa shape index (κ3) is 3.74. The molecular weight excluding hydrogens is 278 g/mol. The molecule has 0 saturated carbocycles. The van der Waals surface area contributed by atoms with E-state index in [4.69, 9.17) is 9.47 Å². The zero-order chi connectivity index (χ0) is 14.4. The smallest absolute Gasteiger partial charge is 0.306 e. The predicted molar refractivity (Wildman–Crippen MR) is 74.6 cm³/mol. The number of thiazole rings is 1. The van der Waals surface area contributed by atoms with Gasteiger partial charge in [-0.25, -0.2) is 4.98 Å². The summed E-state index contributed by atoms with van der Waals surface area (Å²) < 4.78 is 9.84. The number of hydrogen-bond acceptors (Lipinski definition) is 7. The molecule has 2 heterocycles. The molecule has 0 spiro atoms. The summed E-state index contributed by atoms with van der Waals surface area (Å²) in [5.41, 5.74) is 1.55. The quantitative estimate of drug-likeness (QED) is 0.759. The average Bonchev–Trinajstić information content (AvgIpc) is 2.94. The Labute approximate surface area is 120 Å². The molecule has 6 nitrogen and oxygen atoms in total. The number of rotatable bonds is 6. The Morgan fingerprint density at radius 1 is 1.35 bits per heavy atom. The SMILES string of the molecule is CCOC(=O)CCc1csc(-c2ccc(OC)nn2)n1. The molecule has 2 rings (SSSR count). The predicted octanol–water partition coefficient (Wildman–Crippen LogP) is 2.10. The van der Waals surface area contributed by atoms with Gasteiger partial charge in [0, 0.05) is 17.9 Å². The van der Waals surface area contributed by atoms with Gasteiger partial charge in [0.25, 0.3) is 0 Å². The maximum Gasteiger partial charge on any atom is 0.306 e. The van der Waals surface area contributed by atoms with Crippen LogP contribution in [0.3, 0.4) is 0 Å². The topological polar surface area (TPSA) is 74.2 Å². The van der Waals surface area contributed by atoms with E-state index in [-0.39, 0.29) is 5.97 Å². The van der Waals surface area contributed by atoms with Crippen LogP contribution in [0.5, 0.6) is 5.88 Å². The Kier molecular flexibility index (Phi) is 5.00. The molecule has 2 aromatic heterocycles. The van der Waals surface area contributed by atoms with Crippen LogP contribution in [0.2, 0.25) is 0 Å². The van der Waals surface area contributed by atoms with Crippen molar-refractivity contribution in [2.24, 2.45) is 0 Å². The molecule has 106 valence electrons. The van der Waals surface area contributed by atoms with Crippen LogP contribution < -0.4 is 4.74 Å². The molecule has 0 aromatic carbocycles. The van der Waals surface area contributed by atoms with Crippen LogP contribution in [0.15, 0.2) is 17.5 Å². The minimum Gasteiger partial charge on any atom is -0.480 e. The molecule has 0 amide bonds. The first-order valence-corrected chi connectivity index (χ1v) is 7.09. The number of nitrogens with zero attached hydrogens (tertiary/aromatic N) is 3. The number of aromatic nitrogens is 3. The summed E-state index contributed by atoms with van der Waals surface area (Å²) in [6.45, 7) is 2.20. The molecule has 0 aliphatic rings. The third-order valence-corrected chi connectivity index (χ3v) is 3.42. The van der Waals surface area contributed by atoms with Crippen molar-refractivity contribution in [2.45, 2.75) is 19.8 Å². The third-order valence-electron chi connectivity index (χ3n) is 2.51. The van der Waals surface area contributed by atoms with Gasteiger partial charge < -0.3 is 9.47 Å². The fourth-order valence-electron chi connectivity index (χ4n) is 1.55. The van der Waals surface area contributed by atoms with Crippen LogP contribution in [-0.2, 0) is 16.0 Å². The van der Waals surface area contributed by atoms with Gasteiger partial charge in [-0.2, -0.15) is 0 Å². The van der Waals surface area contributed by atoms with E-state index in [2.05, 4.69) is 15.2 Å². The summed E-state index contributed by atoms with van der Waals surface area (Å²) in [5.74, 6) is 0.263. The second-order valence-electron chi connectivity index (χ2n) is 3.91. The summed E-state index contributed by atoms with van der Waals surface area (Å²) in [6.07, 6.45) is 0.907. The zero-order valence-electron chi connectivity index (χ0n) is 11.3. The van der Waals surface area contributed by atoms with Crippen LogP contribution >= 0.6 is 11.3 Å². The minimum absolute atomic E-state index is 0.203. The highest BCUT2D eigenvalue weighted by Gasteiger charge is 2.09. The van der Waals surface area contributed by atoms with Crippen LogP contribution in [0.1, 0.15) is 19.0 Å². The molecule has 0 aliphatic heterocycles. The highest BCUT2D eigenvalue weighted by atomic mass is 32.1. The van der Waals surface area contributed by atoms with Gasteiger partial charge in [-0.3, -0.25) is 4.79 Å². The lowest BCUT2D eigenvalue weighted by Crippen LogP contribution is -2.05. The molecule has 0 saturated heterocycles. The normalized spacial score (nSPS) is 10.3. The van der Waals surface area contributed by atoms with E-state index < -0.39 is 0 Å². The Morgan fingerprint density at radius 3 is 2.85 bits per heavy atom. The number of hydrogen-bond donors (Lipinski definition) is 0. The van der Waals surface area contributed by atoms with Crippen LogP contribution in [0.25, 0.3) is 10.7 Å². The first kappa shape index (κ1) is 14.4. The van der Waals surface area contributed by atoms with Crippen molar-refractivity contribution in [3.05, 3.63) is 23.2 Å². The number of carbonyl (C=O) groups excluding carboxylic acids is 1. The second kappa shape index (κ2) is 6.95. The number of esters is 1. The highest BCUT2D eigenvalue weighted by Crippen LogP contribution is 2.22. The molecule has 0 aliphatic carbocycles. The summed E-state index contributed by atoms with van der Waals surface area (Å²) in [4.78, 5) is 15.7. The molecule has 0 N–H and O–H groups in total. The van der Waals surface area contributed by atoms with E-state index in [1.165, 1.54) is 11.3 Å². The summed E-state index contributed by atoms with van der Waals surface area (Å²) >= 11 is 1.47. The monoisotopic (exact) mass is 293 g/mol. The molecule has 7 heteroatoms. The maximum atomic E-state index is 11.3. The van der Waals surface area contributed by atoms with E-state index >= 15 is 0 Å². The molecule has 0 radical (unpaired) electrons. The Balaban J connectivity index is 1.99. The van der Waals surface area contributed by atoms with E-state index in [9.17, 15) is 4.79 Å². The van der Waals surface area contributed by atoms with Gasteiger partial charge in [0.15, 0.2) is 0 Å². The molecule has 0 bridgehead atoms. The van der Waals surface area contributed by atoms with Crippen molar-refractivity contribution in [1.29, 1.82) is 0 Å². The highest BCUT2D eigenvalue weighted by molar-refractivity contribution is 7.13. The zero-order valence-corrected chi connectivity index (χ0v) is 12.1. The number of ether oxygens (including phenoxy) is 2. The summed E-state index contributed by atoms with van der Waals surface area (Å²) in [6, 6.07) is 3.54. The van der Waals surface area contributed by atoms with Gasteiger partial charge >= 0.3 is 5.97 Å². The first-order valence-electron chi connectivity index (χ1n) is 6.21. The van der Waals surface area contributed by atoms with E-state index in [1.807, 2.05) is 5.38 Å². The Hall–Kier alpha value is -2.02. The van der Waals surface area contributed by atoms with Crippen molar-refractivity contribution in [3.8, 4) is 16.6 Å². The van der Waals surface area contributed by atoms with E-state index in [0.29, 0.717) is 31.0 Å². The molecular formula is C13H15N3O3S. The van der Waals surface area contributed by atoms with E-state index in [1.54, 1.807) is 26.2 Å². The summed E-state index contributed by atoms with van der Waals surface area (Å²) in [7, 11) is 1.54. The number of aryl methyl sites for hydroxylation is 1. The second-order valence-corrected chi connectivity index (χ2v) is 4.77. The van der Waals surface area contributed by atoms with Crippen molar-refractivity contribution < 1.29 is 14.3 Å². The van der Waals surface area contributed by atoms with Crippen molar-refractivity contribution >= 4 is 17.3 Å². The number of methoxy groups -OCH3 is 1. The van der Waals surface area contributed by atoms with Crippen LogP contribution in [-0.4, -0.2) is 34.9 Å². The molecule has 0 unspecified atom stereocenters. The minimum atomic E-state index is -0.203. The van der Waals surface area contributed by atoms with Crippen molar-refractivity contribution in [2.75, 3.05) is 13.7 Å². The first-order chi connectivity index (χ1) is 9.72. The average molecular weight is 293 g/mol. The fourth-order valence-corrected chi connectivity index (χ4v) is 2.36. The lowest BCUT2D eigenvalue weighted by molar-refractivity contribution is -0.143. The van der Waals surface area contributed by atoms with E-state index in [0.717, 1.165) is 10.7 Å². The van der Waals surface area contributed by atoms with Gasteiger partial charge in [0.1, 0.15) is 10.7 Å². The Morgan fingerprint density at radius 2 is 2.20 bits per heavy atom. The van der Waals surface area contributed by atoms with Gasteiger partial charge in [0.2, 0.25) is 5.88 Å². The maximum absolute atomic E-state index is 11.3. The lowest BCUT2D eigenvalue weighted by Gasteiger charge is -1.99. The fraction of sp³-hybridized carbons (Fsp3) is 0.385. The standard InChI is InChI=1S/C13H15N3O3S/c1-3-19-12(17)7-4-9-8-20-13(14-9)10-5-6-11(18-2)16-15-10/h5-6,8H,3-4,7H2,1-2H3.